The third-order valence-corrected chi connectivity index (χ3v) is 4.19. The van der Waals surface area contributed by atoms with Gasteiger partial charge in [-0.25, -0.2) is 4.68 Å². The SMILES string of the molecule is CCCCn1nc(C(=O)NCC2(O)CCCCC2)ccc1=O. The molecule has 1 aromatic heterocycles. The summed E-state index contributed by atoms with van der Waals surface area (Å²) in [6.45, 7) is 2.79. The predicted molar refractivity (Wildman–Crippen MR) is 83.8 cm³/mol. The molecule has 1 aliphatic rings. The van der Waals surface area contributed by atoms with Gasteiger partial charge < -0.3 is 10.4 Å². The Morgan fingerprint density at radius 2 is 2.09 bits per heavy atom. The summed E-state index contributed by atoms with van der Waals surface area (Å²) in [6.07, 6.45) is 6.36. The fourth-order valence-electron chi connectivity index (χ4n) is 2.76. The summed E-state index contributed by atoms with van der Waals surface area (Å²) in [7, 11) is 0. The molecule has 2 rings (SSSR count). The van der Waals surface area contributed by atoms with Crippen LogP contribution in [0.1, 0.15) is 62.4 Å². The number of aliphatic hydroxyl groups is 1. The van der Waals surface area contributed by atoms with Gasteiger partial charge in [0.15, 0.2) is 0 Å². The molecule has 0 aromatic carbocycles. The molecule has 0 unspecified atom stereocenters. The molecule has 0 spiro atoms. The third-order valence-electron chi connectivity index (χ3n) is 4.19. The van der Waals surface area contributed by atoms with Crippen LogP contribution in [0.2, 0.25) is 0 Å². The summed E-state index contributed by atoms with van der Waals surface area (Å²) < 4.78 is 1.33. The average molecular weight is 307 g/mol. The highest BCUT2D eigenvalue weighted by Gasteiger charge is 2.29. The summed E-state index contributed by atoms with van der Waals surface area (Å²) >= 11 is 0. The molecule has 0 radical (unpaired) electrons. The van der Waals surface area contributed by atoms with Crippen LogP contribution in [-0.2, 0) is 6.54 Å². The number of hydrogen-bond donors (Lipinski definition) is 2. The molecule has 1 aromatic rings. The highest BCUT2D eigenvalue weighted by Crippen LogP contribution is 2.27. The molecule has 0 bridgehead atoms. The molecule has 6 nitrogen and oxygen atoms in total. The zero-order chi connectivity index (χ0) is 16.0. The summed E-state index contributed by atoms with van der Waals surface area (Å²) in [5.41, 5.74) is -0.782. The Morgan fingerprint density at radius 3 is 2.77 bits per heavy atom. The lowest BCUT2D eigenvalue weighted by Crippen LogP contribution is -2.44. The summed E-state index contributed by atoms with van der Waals surface area (Å²) in [5, 5.41) is 17.2. The molecule has 0 aliphatic heterocycles. The predicted octanol–water partition coefficient (Wildman–Crippen LogP) is 1.47. The van der Waals surface area contributed by atoms with E-state index in [4.69, 9.17) is 0 Å². The molecular weight excluding hydrogens is 282 g/mol. The standard InChI is InChI=1S/C16H25N3O3/c1-2-3-11-19-14(20)8-7-13(18-19)15(21)17-12-16(22)9-5-4-6-10-16/h7-8,22H,2-6,9-12H2,1H3,(H,17,21). The van der Waals surface area contributed by atoms with Crippen LogP contribution in [0.25, 0.3) is 0 Å². The number of hydrogen-bond acceptors (Lipinski definition) is 4. The van der Waals surface area contributed by atoms with Gasteiger partial charge in [-0.1, -0.05) is 32.6 Å². The number of aryl methyl sites for hydroxylation is 1. The second-order valence-corrected chi connectivity index (χ2v) is 6.10. The molecule has 22 heavy (non-hydrogen) atoms. The second kappa shape index (κ2) is 7.54. The van der Waals surface area contributed by atoms with Gasteiger partial charge in [0, 0.05) is 19.2 Å². The maximum absolute atomic E-state index is 12.2. The highest BCUT2D eigenvalue weighted by molar-refractivity contribution is 5.92. The van der Waals surface area contributed by atoms with E-state index in [9.17, 15) is 14.7 Å². The molecule has 122 valence electrons. The number of rotatable bonds is 6. The molecule has 1 amide bonds. The first-order chi connectivity index (χ1) is 10.5. The Kier molecular flexibility index (Phi) is 5.71. The van der Waals surface area contributed by atoms with Crippen molar-refractivity contribution in [1.29, 1.82) is 0 Å². The van der Waals surface area contributed by atoms with E-state index >= 15 is 0 Å². The van der Waals surface area contributed by atoms with E-state index in [1.165, 1.54) is 16.8 Å². The summed E-state index contributed by atoms with van der Waals surface area (Å²) in [4.78, 5) is 23.9. The maximum atomic E-state index is 12.2. The fraction of sp³-hybridized carbons (Fsp3) is 0.688. The zero-order valence-electron chi connectivity index (χ0n) is 13.2. The Bertz CT molecular complexity index is 562. The van der Waals surface area contributed by atoms with Gasteiger partial charge in [-0.2, -0.15) is 5.10 Å². The van der Waals surface area contributed by atoms with Crippen molar-refractivity contribution in [3.05, 3.63) is 28.2 Å². The van der Waals surface area contributed by atoms with Gasteiger partial charge in [0.1, 0.15) is 5.69 Å². The van der Waals surface area contributed by atoms with E-state index in [-0.39, 0.29) is 23.7 Å². The number of carbonyl (C=O) groups is 1. The zero-order valence-corrected chi connectivity index (χ0v) is 13.2. The van der Waals surface area contributed by atoms with E-state index in [0.29, 0.717) is 6.54 Å². The monoisotopic (exact) mass is 307 g/mol. The number of aromatic nitrogens is 2. The Morgan fingerprint density at radius 1 is 1.36 bits per heavy atom. The van der Waals surface area contributed by atoms with Crippen molar-refractivity contribution in [3.63, 3.8) is 0 Å². The maximum Gasteiger partial charge on any atom is 0.271 e. The van der Waals surface area contributed by atoms with Crippen LogP contribution in [0.4, 0.5) is 0 Å². The molecule has 1 aliphatic carbocycles. The first kappa shape index (κ1) is 16.7. The van der Waals surface area contributed by atoms with Crippen LogP contribution >= 0.6 is 0 Å². The van der Waals surface area contributed by atoms with Crippen LogP contribution in [0.15, 0.2) is 16.9 Å². The van der Waals surface area contributed by atoms with Crippen LogP contribution < -0.4 is 10.9 Å². The number of carbonyl (C=O) groups excluding carboxylic acids is 1. The van der Waals surface area contributed by atoms with Crippen LogP contribution in [0.5, 0.6) is 0 Å². The van der Waals surface area contributed by atoms with E-state index < -0.39 is 5.60 Å². The minimum absolute atomic E-state index is 0.198. The molecule has 6 heteroatoms. The van der Waals surface area contributed by atoms with Crippen molar-refractivity contribution in [1.82, 2.24) is 15.1 Å². The summed E-state index contributed by atoms with van der Waals surface area (Å²) in [6, 6.07) is 2.80. The topological polar surface area (TPSA) is 84.2 Å². The van der Waals surface area contributed by atoms with E-state index in [1.54, 1.807) is 0 Å². The van der Waals surface area contributed by atoms with Crippen molar-refractivity contribution >= 4 is 5.91 Å². The van der Waals surface area contributed by atoms with Crippen LogP contribution in [0, 0.1) is 0 Å². The van der Waals surface area contributed by atoms with Gasteiger partial charge in [0.05, 0.1) is 5.60 Å². The number of amides is 1. The molecule has 0 atom stereocenters. The van der Waals surface area contributed by atoms with Crippen molar-refractivity contribution in [2.24, 2.45) is 0 Å². The molecular formula is C16H25N3O3. The van der Waals surface area contributed by atoms with Gasteiger partial charge in [-0.15, -0.1) is 0 Å². The quantitative estimate of drug-likeness (QED) is 0.833. The van der Waals surface area contributed by atoms with E-state index in [0.717, 1.165) is 44.9 Å². The van der Waals surface area contributed by atoms with Crippen LogP contribution in [0.3, 0.4) is 0 Å². The minimum Gasteiger partial charge on any atom is -0.388 e. The molecule has 1 saturated carbocycles. The van der Waals surface area contributed by atoms with E-state index in [2.05, 4.69) is 10.4 Å². The minimum atomic E-state index is -0.801. The van der Waals surface area contributed by atoms with Crippen molar-refractivity contribution in [2.45, 2.75) is 64.0 Å². The molecule has 2 N–H and O–H groups in total. The highest BCUT2D eigenvalue weighted by atomic mass is 16.3. The second-order valence-electron chi connectivity index (χ2n) is 6.10. The largest absolute Gasteiger partial charge is 0.388 e. The van der Waals surface area contributed by atoms with Gasteiger partial charge in [0.2, 0.25) is 0 Å². The average Bonchev–Trinajstić information content (AvgIpc) is 2.52. The Labute approximate surface area is 130 Å². The van der Waals surface area contributed by atoms with Gasteiger partial charge in [0.25, 0.3) is 11.5 Å². The first-order valence-electron chi connectivity index (χ1n) is 8.13. The lowest BCUT2D eigenvalue weighted by Gasteiger charge is -2.32. The number of unbranched alkanes of at least 4 members (excludes halogenated alkanes) is 1. The van der Waals surface area contributed by atoms with Gasteiger partial charge >= 0.3 is 0 Å². The van der Waals surface area contributed by atoms with Crippen molar-refractivity contribution < 1.29 is 9.90 Å². The van der Waals surface area contributed by atoms with Gasteiger partial charge in [-0.05, 0) is 25.3 Å². The first-order valence-corrected chi connectivity index (χ1v) is 8.13. The smallest absolute Gasteiger partial charge is 0.271 e. The Balaban J connectivity index is 1.98. The van der Waals surface area contributed by atoms with Gasteiger partial charge in [-0.3, -0.25) is 9.59 Å². The third kappa shape index (κ3) is 4.40. The van der Waals surface area contributed by atoms with Crippen LogP contribution in [-0.4, -0.2) is 32.9 Å². The van der Waals surface area contributed by atoms with E-state index in [1.807, 2.05) is 6.92 Å². The normalized spacial score (nSPS) is 17.2. The molecule has 1 fully saturated rings. The fourth-order valence-corrected chi connectivity index (χ4v) is 2.76. The molecule has 0 saturated heterocycles. The van der Waals surface area contributed by atoms with Crippen molar-refractivity contribution in [3.8, 4) is 0 Å². The molecule has 1 heterocycles. The Hall–Kier alpha value is -1.69. The van der Waals surface area contributed by atoms with Crippen molar-refractivity contribution in [2.75, 3.05) is 6.54 Å². The summed E-state index contributed by atoms with van der Waals surface area (Å²) in [5.74, 6) is -0.343. The lowest BCUT2D eigenvalue weighted by atomic mass is 9.85. The number of nitrogens with zero attached hydrogens (tertiary/aromatic N) is 2. The lowest BCUT2D eigenvalue weighted by molar-refractivity contribution is 0.00519. The number of nitrogens with one attached hydrogen (secondary N) is 1.